The van der Waals surface area contributed by atoms with Gasteiger partial charge in [0.05, 0.1) is 33.3 Å². The zero-order valence-corrected chi connectivity index (χ0v) is 27.6. The summed E-state index contributed by atoms with van der Waals surface area (Å²) in [7, 11) is 3.13. The molecule has 0 radical (unpaired) electrons. The van der Waals surface area contributed by atoms with E-state index in [1.165, 1.54) is 5.06 Å². The number of anilines is 1. The van der Waals surface area contributed by atoms with Gasteiger partial charge in [0.1, 0.15) is 24.1 Å². The Morgan fingerprint density at radius 2 is 1.87 bits per heavy atom. The molecule has 3 heterocycles. The Kier molecular flexibility index (Phi) is 13.2. The third-order valence-corrected chi connectivity index (χ3v) is 8.51. The lowest BCUT2D eigenvalue weighted by molar-refractivity contribution is -0.183. The normalized spacial score (nSPS) is 17.0. The summed E-state index contributed by atoms with van der Waals surface area (Å²) in [4.78, 5) is 60.2. The number of amides is 3. The number of hydroxylamine groups is 2. The van der Waals surface area contributed by atoms with Crippen LogP contribution in [0.2, 0.25) is 0 Å². The third kappa shape index (κ3) is 8.99. The van der Waals surface area contributed by atoms with Crippen LogP contribution in [0.15, 0.2) is 30.5 Å². The Labute approximate surface area is 271 Å². The minimum atomic E-state index is -0.514. The van der Waals surface area contributed by atoms with Crippen LogP contribution in [0.4, 0.5) is 5.95 Å². The maximum Gasteiger partial charge on any atom is 0.245 e. The highest BCUT2D eigenvalue weighted by atomic mass is 16.7. The number of unbranched alkanes of at least 4 members (excludes halogenated alkanes) is 2. The molecule has 2 aromatic rings. The number of benzene rings is 1. The molecule has 13 heteroatoms. The lowest BCUT2D eigenvalue weighted by Gasteiger charge is -2.38. The van der Waals surface area contributed by atoms with Crippen molar-refractivity contribution < 1.29 is 33.4 Å². The smallest absolute Gasteiger partial charge is 0.245 e. The summed E-state index contributed by atoms with van der Waals surface area (Å²) >= 11 is 0. The van der Waals surface area contributed by atoms with Crippen LogP contribution in [0.3, 0.4) is 0 Å². The molecule has 2 atom stereocenters. The molecule has 2 fully saturated rings. The Bertz CT molecular complexity index is 1290. The first-order chi connectivity index (χ1) is 22.4. The van der Waals surface area contributed by atoms with Crippen LogP contribution >= 0.6 is 0 Å². The predicted octanol–water partition coefficient (Wildman–Crippen LogP) is 3.32. The molecule has 46 heavy (non-hydrogen) atoms. The van der Waals surface area contributed by atoms with E-state index in [1.54, 1.807) is 43.5 Å². The number of aromatic nitrogens is 2. The van der Waals surface area contributed by atoms with Crippen LogP contribution in [0.5, 0.6) is 17.4 Å². The minimum absolute atomic E-state index is 0.0307. The molecule has 0 spiro atoms. The number of carbonyl (C=O) groups excluding carboxylic acids is 3. The maximum absolute atomic E-state index is 14.0. The molecule has 2 aliphatic heterocycles. The molecule has 3 amide bonds. The Morgan fingerprint density at radius 3 is 2.57 bits per heavy atom. The highest BCUT2D eigenvalue weighted by Gasteiger charge is 2.40. The highest BCUT2D eigenvalue weighted by Crippen LogP contribution is 2.27. The van der Waals surface area contributed by atoms with Gasteiger partial charge in [0.15, 0.2) is 0 Å². The molecule has 1 aromatic heterocycles. The summed E-state index contributed by atoms with van der Waals surface area (Å²) < 4.78 is 16.2. The number of hydrogen-bond donors (Lipinski definition) is 0. The zero-order chi connectivity index (χ0) is 32.9. The van der Waals surface area contributed by atoms with Gasteiger partial charge in [-0.1, -0.05) is 26.2 Å². The summed E-state index contributed by atoms with van der Waals surface area (Å²) in [5.74, 6) is 1.70. The molecule has 0 saturated carbocycles. The highest BCUT2D eigenvalue weighted by molar-refractivity contribution is 5.89. The molecular formula is C33H48N6O7. The van der Waals surface area contributed by atoms with Crippen molar-refractivity contribution in [2.75, 3.05) is 65.0 Å². The molecule has 1 aromatic carbocycles. The fourth-order valence-electron chi connectivity index (χ4n) is 5.97. The third-order valence-electron chi connectivity index (χ3n) is 8.51. The molecule has 2 saturated heterocycles. The monoisotopic (exact) mass is 640 g/mol. The first-order valence-corrected chi connectivity index (χ1v) is 16.3. The molecular weight excluding hydrogens is 592 g/mol. The van der Waals surface area contributed by atoms with Crippen LogP contribution in [0.1, 0.15) is 57.9 Å². The fraction of sp³-hybridized carbons (Fsp3) is 0.606. The van der Waals surface area contributed by atoms with Crippen LogP contribution in [-0.4, -0.2) is 109 Å². The van der Waals surface area contributed by atoms with Gasteiger partial charge in [0, 0.05) is 56.6 Å². The van der Waals surface area contributed by atoms with Crippen LogP contribution < -0.4 is 19.1 Å². The second-order valence-corrected chi connectivity index (χ2v) is 11.5. The van der Waals surface area contributed by atoms with E-state index in [2.05, 4.69) is 16.9 Å². The lowest BCUT2D eigenvalue weighted by atomic mass is 9.98. The Balaban J connectivity index is 1.38. The average molecular weight is 641 g/mol. The topological polar surface area (TPSA) is 127 Å². The second-order valence-electron chi connectivity index (χ2n) is 11.5. The first kappa shape index (κ1) is 34.7. The van der Waals surface area contributed by atoms with Crippen LogP contribution in [0.25, 0.3) is 0 Å². The quantitative estimate of drug-likeness (QED) is 0.144. The van der Waals surface area contributed by atoms with Crippen molar-refractivity contribution in [3.8, 4) is 17.4 Å². The number of carbonyl (C=O) groups is 3. The summed E-state index contributed by atoms with van der Waals surface area (Å²) in [5.41, 5.74) is 0.739. The summed E-state index contributed by atoms with van der Waals surface area (Å²) in [6, 6.07) is 6.57. The van der Waals surface area contributed by atoms with Crippen molar-refractivity contribution in [1.82, 2.24) is 24.8 Å². The summed E-state index contributed by atoms with van der Waals surface area (Å²) in [6.07, 6.45) is 7.08. The van der Waals surface area contributed by atoms with Crippen molar-refractivity contribution in [3.05, 3.63) is 36.0 Å². The van der Waals surface area contributed by atoms with E-state index >= 15 is 0 Å². The van der Waals surface area contributed by atoms with E-state index in [1.807, 2.05) is 22.8 Å². The van der Waals surface area contributed by atoms with Crippen LogP contribution in [0, 0.1) is 5.92 Å². The van der Waals surface area contributed by atoms with Gasteiger partial charge in [-0.05, 0) is 38.3 Å². The number of ether oxygens (including phenoxy) is 3. The molecule has 0 unspecified atom stereocenters. The van der Waals surface area contributed by atoms with Crippen molar-refractivity contribution in [2.45, 2.75) is 65.0 Å². The Hall–Kier alpha value is -4.13. The van der Waals surface area contributed by atoms with Gasteiger partial charge in [-0.15, -0.1) is 0 Å². The standard InChI is InChI=1S/C33H48N6O7/c1-5-7-8-10-25(22-38(24-40)46-23-26-12-13-27(43-3)21-29(26)44-4)31(41)39-16-9-11-28(39)32(42)36-17-19-37(20-18-36)33-34-15-14-30(35-33)45-6-2/h12-15,21,24-25,28H,5-11,16-20,22-23H2,1-4H3/t25-,28+/m1/s1. The number of likely N-dealkylation sites (tertiary alicyclic amines) is 1. The summed E-state index contributed by atoms with van der Waals surface area (Å²) in [6.45, 7) is 7.44. The Morgan fingerprint density at radius 1 is 1.07 bits per heavy atom. The van der Waals surface area contributed by atoms with Gasteiger partial charge >= 0.3 is 0 Å². The second kappa shape index (κ2) is 17.5. The fourth-order valence-corrected chi connectivity index (χ4v) is 5.97. The molecule has 4 rings (SSSR count). The van der Waals surface area contributed by atoms with Crippen molar-refractivity contribution in [2.24, 2.45) is 5.92 Å². The number of hydrogen-bond acceptors (Lipinski definition) is 10. The van der Waals surface area contributed by atoms with E-state index in [4.69, 9.17) is 19.0 Å². The molecule has 0 N–H and O–H groups in total. The van der Waals surface area contributed by atoms with Gasteiger partial charge in [-0.3, -0.25) is 19.2 Å². The van der Waals surface area contributed by atoms with Gasteiger partial charge < -0.3 is 28.9 Å². The molecule has 0 bridgehead atoms. The van der Waals surface area contributed by atoms with Crippen molar-refractivity contribution >= 4 is 24.2 Å². The number of piperazine rings is 1. The molecule has 252 valence electrons. The van der Waals surface area contributed by atoms with E-state index < -0.39 is 12.0 Å². The first-order valence-electron chi connectivity index (χ1n) is 16.3. The minimum Gasteiger partial charge on any atom is -0.497 e. The van der Waals surface area contributed by atoms with E-state index in [0.29, 0.717) is 81.9 Å². The SMILES string of the molecule is CCCCC[C@H](CN(C=O)OCc1ccc(OC)cc1OC)C(=O)N1CCC[C@H]1C(=O)N1CCN(c2nccc(OCC)n2)CC1. The number of rotatable bonds is 17. The predicted molar refractivity (Wildman–Crippen MR) is 171 cm³/mol. The maximum atomic E-state index is 14.0. The van der Waals surface area contributed by atoms with Crippen molar-refractivity contribution in [1.29, 1.82) is 0 Å². The largest absolute Gasteiger partial charge is 0.497 e. The van der Waals surface area contributed by atoms with Crippen LogP contribution in [-0.2, 0) is 25.8 Å². The van der Waals surface area contributed by atoms with E-state index in [-0.39, 0.29) is 25.0 Å². The number of nitrogens with zero attached hydrogens (tertiary/aromatic N) is 6. The van der Waals surface area contributed by atoms with Crippen molar-refractivity contribution in [3.63, 3.8) is 0 Å². The zero-order valence-electron chi connectivity index (χ0n) is 27.6. The van der Waals surface area contributed by atoms with Gasteiger partial charge in [-0.2, -0.15) is 4.98 Å². The summed E-state index contributed by atoms with van der Waals surface area (Å²) in [5, 5.41) is 1.19. The van der Waals surface area contributed by atoms with E-state index in [9.17, 15) is 14.4 Å². The molecule has 2 aliphatic rings. The van der Waals surface area contributed by atoms with Gasteiger partial charge in [-0.25, -0.2) is 10.0 Å². The van der Waals surface area contributed by atoms with Gasteiger partial charge in [0.2, 0.25) is 30.1 Å². The molecule has 13 nitrogen and oxygen atoms in total. The molecule has 0 aliphatic carbocycles. The van der Waals surface area contributed by atoms with Gasteiger partial charge in [0.25, 0.3) is 0 Å². The average Bonchev–Trinajstić information content (AvgIpc) is 3.59. The number of methoxy groups -OCH3 is 2. The lowest BCUT2D eigenvalue weighted by Crippen LogP contribution is -2.55. The van der Waals surface area contributed by atoms with E-state index in [0.717, 1.165) is 31.2 Å².